The quantitative estimate of drug-likeness (QED) is 0.789. The number of hydrogen-bond acceptors (Lipinski definition) is 6. The van der Waals surface area contributed by atoms with Crippen molar-refractivity contribution in [3.8, 4) is 17.6 Å². The normalized spacial score (nSPS) is 16.3. The third kappa shape index (κ3) is 4.52. The Morgan fingerprint density at radius 3 is 2.86 bits per heavy atom. The first-order valence-corrected chi connectivity index (χ1v) is 9.12. The van der Waals surface area contributed by atoms with E-state index in [0.717, 1.165) is 12.8 Å². The molecule has 2 heterocycles. The fourth-order valence-corrected chi connectivity index (χ4v) is 3.31. The van der Waals surface area contributed by atoms with E-state index in [1.165, 1.54) is 19.2 Å². The molecule has 0 spiro atoms. The summed E-state index contributed by atoms with van der Waals surface area (Å²) in [6, 6.07) is 9.67. The molecule has 1 amide bonds. The Morgan fingerprint density at radius 2 is 2.14 bits per heavy atom. The van der Waals surface area contributed by atoms with Crippen molar-refractivity contribution in [2.75, 3.05) is 26.8 Å². The lowest BCUT2D eigenvalue weighted by molar-refractivity contribution is 0.0596. The molecular formula is C21H22N2O5. The topological polar surface area (TPSA) is 92.8 Å². The van der Waals surface area contributed by atoms with Crippen LogP contribution in [-0.2, 0) is 0 Å². The number of methoxy groups -OCH3 is 1. The van der Waals surface area contributed by atoms with Gasteiger partial charge < -0.3 is 18.8 Å². The van der Waals surface area contributed by atoms with Gasteiger partial charge in [-0.1, -0.05) is 0 Å². The number of likely N-dealkylation sites (tertiary alicyclic amines) is 1. The van der Waals surface area contributed by atoms with Gasteiger partial charge in [0.05, 0.1) is 25.3 Å². The van der Waals surface area contributed by atoms with Gasteiger partial charge in [0.2, 0.25) is 0 Å². The van der Waals surface area contributed by atoms with E-state index in [4.69, 9.17) is 19.2 Å². The molecule has 0 saturated carbocycles. The highest BCUT2D eigenvalue weighted by Crippen LogP contribution is 2.29. The fourth-order valence-electron chi connectivity index (χ4n) is 3.31. The average Bonchev–Trinajstić information content (AvgIpc) is 2.71. The Hall–Kier alpha value is -3.27. The van der Waals surface area contributed by atoms with Crippen molar-refractivity contribution < 1.29 is 18.7 Å². The maximum atomic E-state index is 12.7. The molecule has 1 aromatic carbocycles. The smallest absolute Gasteiger partial charge is 0.289 e. The Bertz CT molecular complexity index is 960. The van der Waals surface area contributed by atoms with Crippen LogP contribution >= 0.6 is 0 Å². The predicted octanol–water partition coefficient (Wildman–Crippen LogP) is 2.76. The predicted molar refractivity (Wildman–Crippen MR) is 102 cm³/mol. The summed E-state index contributed by atoms with van der Waals surface area (Å²) in [5.74, 6) is 1.43. The molecule has 0 N–H and O–H groups in total. The Kier molecular flexibility index (Phi) is 5.99. The third-order valence-electron chi connectivity index (χ3n) is 4.67. The Balaban J connectivity index is 1.65. The minimum atomic E-state index is -0.276. The molecule has 0 aliphatic carbocycles. The molecule has 1 atom stereocenters. The van der Waals surface area contributed by atoms with Crippen molar-refractivity contribution in [3.05, 3.63) is 57.6 Å². The molecule has 3 rings (SSSR count). The largest absolute Gasteiger partial charge is 0.493 e. The van der Waals surface area contributed by atoms with Gasteiger partial charge in [0.15, 0.2) is 22.7 Å². The summed E-state index contributed by atoms with van der Waals surface area (Å²) in [6.45, 7) is 3.21. The number of carbonyl (C=O) groups excluding carboxylic acids is 1. The van der Waals surface area contributed by atoms with E-state index in [1.807, 2.05) is 0 Å². The molecule has 1 aliphatic heterocycles. The summed E-state index contributed by atoms with van der Waals surface area (Å²) < 4.78 is 16.6. The van der Waals surface area contributed by atoms with E-state index in [2.05, 4.69) is 6.07 Å². The molecule has 1 aliphatic rings. The number of carbonyl (C=O) groups is 1. The van der Waals surface area contributed by atoms with E-state index >= 15 is 0 Å². The highest BCUT2D eigenvalue weighted by atomic mass is 16.5. The summed E-state index contributed by atoms with van der Waals surface area (Å²) in [5, 5.41) is 8.98. The highest BCUT2D eigenvalue weighted by Gasteiger charge is 2.27. The van der Waals surface area contributed by atoms with Crippen LogP contribution in [0, 0.1) is 24.2 Å². The first-order valence-electron chi connectivity index (χ1n) is 9.12. The maximum Gasteiger partial charge on any atom is 0.289 e. The number of ether oxygens (including phenoxy) is 2. The van der Waals surface area contributed by atoms with Crippen molar-refractivity contribution in [1.82, 2.24) is 4.90 Å². The second kappa shape index (κ2) is 8.61. The van der Waals surface area contributed by atoms with Crippen LogP contribution in [0.1, 0.15) is 34.7 Å². The molecule has 7 heteroatoms. The van der Waals surface area contributed by atoms with Gasteiger partial charge in [-0.3, -0.25) is 9.59 Å². The van der Waals surface area contributed by atoms with Gasteiger partial charge in [0, 0.05) is 37.2 Å². The highest BCUT2D eigenvalue weighted by molar-refractivity contribution is 5.91. The van der Waals surface area contributed by atoms with Gasteiger partial charge in [-0.05, 0) is 31.9 Å². The van der Waals surface area contributed by atoms with Crippen LogP contribution in [0.3, 0.4) is 0 Å². The van der Waals surface area contributed by atoms with Crippen molar-refractivity contribution in [2.24, 2.45) is 5.92 Å². The molecule has 1 unspecified atom stereocenters. The van der Waals surface area contributed by atoms with Gasteiger partial charge in [0.25, 0.3) is 5.91 Å². The van der Waals surface area contributed by atoms with Gasteiger partial charge in [-0.15, -0.1) is 0 Å². The number of nitrogens with zero attached hydrogens (tertiary/aromatic N) is 2. The van der Waals surface area contributed by atoms with Gasteiger partial charge in [0.1, 0.15) is 5.76 Å². The number of hydrogen-bond donors (Lipinski definition) is 0. The minimum absolute atomic E-state index is 0.0697. The van der Waals surface area contributed by atoms with Gasteiger partial charge >= 0.3 is 0 Å². The lowest BCUT2D eigenvalue weighted by atomic mass is 9.98. The molecule has 2 aromatic rings. The molecule has 146 valence electrons. The van der Waals surface area contributed by atoms with Crippen LogP contribution in [0.5, 0.6) is 11.5 Å². The number of rotatable bonds is 5. The standard InChI is InChI=1S/C21H22N2O5/c1-14-8-17(24)10-20(28-14)21(25)23-7-3-4-16(12-23)13-27-18-6-5-15(11-22)9-19(18)26-2/h5-6,8-10,16H,3-4,7,12-13H2,1-2H3. The van der Waals surface area contributed by atoms with Crippen molar-refractivity contribution in [3.63, 3.8) is 0 Å². The fraction of sp³-hybridized carbons (Fsp3) is 0.381. The third-order valence-corrected chi connectivity index (χ3v) is 4.67. The van der Waals surface area contributed by atoms with Crippen LogP contribution < -0.4 is 14.9 Å². The molecule has 1 fully saturated rings. The molecule has 1 aromatic heterocycles. The first kappa shape index (κ1) is 19.5. The van der Waals surface area contributed by atoms with Gasteiger partial charge in [-0.25, -0.2) is 0 Å². The second-order valence-electron chi connectivity index (χ2n) is 6.82. The minimum Gasteiger partial charge on any atom is -0.493 e. The van der Waals surface area contributed by atoms with Crippen molar-refractivity contribution >= 4 is 5.91 Å². The van der Waals surface area contributed by atoms with E-state index in [0.29, 0.717) is 42.5 Å². The Labute approximate surface area is 163 Å². The van der Waals surface area contributed by atoms with E-state index in [9.17, 15) is 9.59 Å². The summed E-state index contributed by atoms with van der Waals surface area (Å²) in [5.41, 5.74) is 0.259. The van der Waals surface area contributed by atoms with E-state index in [-0.39, 0.29) is 23.0 Å². The van der Waals surface area contributed by atoms with Crippen LogP contribution in [0.15, 0.2) is 39.5 Å². The van der Waals surface area contributed by atoms with Crippen LogP contribution in [-0.4, -0.2) is 37.6 Å². The summed E-state index contributed by atoms with van der Waals surface area (Å²) >= 11 is 0. The van der Waals surface area contributed by atoms with Crippen LogP contribution in [0.4, 0.5) is 0 Å². The lowest BCUT2D eigenvalue weighted by Crippen LogP contribution is -2.41. The van der Waals surface area contributed by atoms with E-state index < -0.39 is 0 Å². The molecule has 0 radical (unpaired) electrons. The zero-order chi connectivity index (χ0) is 20.1. The molecular weight excluding hydrogens is 360 g/mol. The molecule has 7 nitrogen and oxygen atoms in total. The zero-order valence-electron chi connectivity index (χ0n) is 15.9. The molecule has 28 heavy (non-hydrogen) atoms. The average molecular weight is 382 g/mol. The lowest BCUT2D eigenvalue weighted by Gasteiger charge is -2.32. The van der Waals surface area contributed by atoms with Crippen LogP contribution in [0.25, 0.3) is 0 Å². The monoisotopic (exact) mass is 382 g/mol. The Morgan fingerprint density at radius 1 is 1.32 bits per heavy atom. The first-order chi connectivity index (χ1) is 13.5. The van der Waals surface area contributed by atoms with Gasteiger partial charge in [-0.2, -0.15) is 5.26 Å². The SMILES string of the molecule is COc1cc(C#N)ccc1OCC1CCCN(C(=O)c2cc(=O)cc(C)o2)C1. The molecule has 1 saturated heterocycles. The van der Waals surface area contributed by atoms with Crippen molar-refractivity contribution in [1.29, 1.82) is 5.26 Å². The van der Waals surface area contributed by atoms with Crippen molar-refractivity contribution in [2.45, 2.75) is 19.8 Å². The zero-order valence-corrected chi connectivity index (χ0v) is 15.9. The summed E-state index contributed by atoms with van der Waals surface area (Å²) in [4.78, 5) is 26.0. The number of nitriles is 1. The number of piperidine rings is 1. The summed E-state index contributed by atoms with van der Waals surface area (Å²) in [7, 11) is 1.53. The summed E-state index contributed by atoms with van der Waals surface area (Å²) in [6.07, 6.45) is 1.78. The van der Waals surface area contributed by atoms with E-state index in [1.54, 1.807) is 30.0 Å². The number of benzene rings is 1. The van der Waals surface area contributed by atoms with Crippen LogP contribution in [0.2, 0.25) is 0 Å². The molecule has 0 bridgehead atoms. The second-order valence-corrected chi connectivity index (χ2v) is 6.82. The number of amides is 1. The maximum absolute atomic E-state index is 12.7. The number of aryl methyl sites for hydroxylation is 1.